The van der Waals surface area contributed by atoms with Crippen molar-refractivity contribution in [2.24, 2.45) is 7.05 Å². The number of amides is 4. The minimum absolute atomic E-state index is 0.0639. The number of carbonyl (C=O) groups is 5. The van der Waals surface area contributed by atoms with Gasteiger partial charge < -0.3 is 23.8 Å². The highest BCUT2D eigenvalue weighted by atomic mass is 19.1. The van der Waals surface area contributed by atoms with Crippen LogP contribution in [0.5, 0.6) is 0 Å². The maximum Gasteiger partial charge on any atom is 0.419 e. The second-order valence-corrected chi connectivity index (χ2v) is 12.3. The molecule has 248 valence electrons. The second kappa shape index (κ2) is 12.8. The number of aryl methyl sites for hydroxylation is 1. The van der Waals surface area contributed by atoms with Gasteiger partial charge in [-0.2, -0.15) is 5.10 Å². The number of carbonyl (C=O) groups excluding carboxylic acids is 5. The van der Waals surface area contributed by atoms with Crippen LogP contribution in [-0.2, 0) is 48.7 Å². The number of halogens is 1. The van der Waals surface area contributed by atoms with Crippen LogP contribution in [0.1, 0.15) is 51.8 Å². The first-order chi connectivity index (χ1) is 21.7. The first-order valence-electron chi connectivity index (χ1n) is 14.9. The van der Waals surface area contributed by atoms with E-state index < -0.39 is 60.5 Å². The molecule has 0 unspecified atom stereocenters. The fourth-order valence-corrected chi connectivity index (χ4v) is 5.61. The van der Waals surface area contributed by atoms with E-state index in [1.807, 2.05) is 18.1 Å². The summed E-state index contributed by atoms with van der Waals surface area (Å²) in [5, 5.41) is 4.39. The van der Waals surface area contributed by atoms with Crippen LogP contribution >= 0.6 is 0 Å². The van der Waals surface area contributed by atoms with Crippen LogP contribution in [0.2, 0.25) is 0 Å². The van der Waals surface area contributed by atoms with Crippen molar-refractivity contribution < 1.29 is 47.3 Å². The van der Waals surface area contributed by atoms with E-state index in [1.165, 1.54) is 15.9 Å². The summed E-state index contributed by atoms with van der Waals surface area (Å²) in [5.41, 5.74) is 1.76. The van der Waals surface area contributed by atoms with Gasteiger partial charge in [0.1, 0.15) is 23.6 Å². The van der Waals surface area contributed by atoms with E-state index in [2.05, 4.69) is 5.10 Å². The quantitative estimate of drug-likeness (QED) is 0.248. The zero-order valence-electron chi connectivity index (χ0n) is 26.4. The van der Waals surface area contributed by atoms with E-state index in [-0.39, 0.29) is 18.8 Å². The Bertz CT molecular complexity index is 1520. The Balaban J connectivity index is 1.13. The van der Waals surface area contributed by atoms with Crippen molar-refractivity contribution in [2.75, 3.05) is 36.2 Å². The number of nitrogens with zero attached hydrogens (tertiary/aromatic N) is 6. The molecule has 3 aliphatic heterocycles. The lowest BCUT2D eigenvalue weighted by atomic mass is 10.2. The van der Waals surface area contributed by atoms with E-state index >= 15 is 4.39 Å². The largest absolute Gasteiger partial charge is 0.444 e. The van der Waals surface area contributed by atoms with E-state index in [0.29, 0.717) is 43.1 Å². The number of hydrogen-bond donors (Lipinski definition) is 0. The highest BCUT2D eigenvalue weighted by Crippen LogP contribution is 2.33. The Morgan fingerprint density at radius 1 is 1.15 bits per heavy atom. The topological polar surface area (TPSA) is 153 Å². The van der Waals surface area contributed by atoms with E-state index in [4.69, 9.17) is 18.9 Å². The highest BCUT2D eigenvalue weighted by molar-refractivity contribution is 5.92. The molecule has 0 spiro atoms. The van der Waals surface area contributed by atoms with Crippen molar-refractivity contribution in [2.45, 2.75) is 71.4 Å². The zero-order chi connectivity index (χ0) is 33.3. The predicted octanol–water partition coefficient (Wildman–Crippen LogP) is 3.29. The molecule has 16 heteroatoms. The maximum absolute atomic E-state index is 15.2. The van der Waals surface area contributed by atoms with Gasteiger partial charge in [0.05, 0.1) is 36.7 Å². The van der Waals surface area contributed by atoms with Crippen molar-refractivity contribution in [1.29, 1.82) is 0 Å². The third-order valence-electron chi connectivity index (χ3n) is 7.67. The first kappa shape index (κ1) is 32.5. The summed E-state index contributed by atoms with van der Waals surface area (Å²) in [4.78, 5) is 67.8. The first-order valence-corrected chi connectivity index (χ1v) is 14.9. The standard InChI is InChI=1S/C30H37FN6O9/c1-18(38)36(27(40)44-17-43-26(39)25-7-6-10-35(25)29(42)46-30(2,3)4)14-21-15-37(28(41)45-21)20-8-9-24(22(31)11-20)34-13-19-12-33(5)32-23(19)16-34/h8-9,11-12,21,25H,6-7,10,13-17H2,1-5H3/t21-,25-/m0/s1. The number of fused-ring (bicyclic) bond motifs is 1. The predicted molar refractivity (Wildman–Crippen MR) is 158 cm³/mol. The summed E-state index contributed by atoms with van der Waals surface area (Å²) in [6.45, 7) is 6.32. The molecule has 5 rings (SSSR count). The van der Waals surface area contributed by atoms with Gasteiger partial charge in [0.2, 0.25) is 12.7 Å². The van der Waals surface area contributed by atoms with Gasteiger partial charge in [-0.25, -0.2) is 28.5 Å². The highest BCUT2D eigenvalue weighted by Gasteiger charge is 2.39. The Kier molecular flexibility index (Phi) is 9.08. The van der Waals surface area contributed by atoms with Crippen LogP contribution < -0.4 is 9.80 Å². The van der Waals surface area contributed by atoms with Gasteiger partial charge in [0, 0.05) is 38.8 Å². The molecular formula is C30H37FN6O9. The average Bonchev–Trinajstić information content (AvgIpc) is 3.74. The molecule has 1 aromatic heterocycles. The molecule has 0 aliphatic carbocycles. The Morgan fingerprint density at radius 3 is 2.59 bits per heavy atom. The zero-order valence-corrected chi connectivity index (χ0v) is 26.4. The van der Waals surface area contributed by atoms with Crippen LogP contribution in [0.3, 0.4) is 0 Å². The monoisotopic (exact) mass is 644 g/mol. The molecule has 0 radical (unpaired) electrons. The Morgan fingerprint density at radius 2 is 1.91 bits per heavy atom. The number of anilines is 2. The number of ether oxygens (including phenoxy) is 4. The van der Waals surface area contributed by atoms with Crippen LogP contribution in [-0.4, -0.2) is 93.9 Å². The second-order valence-electron chi connectivity index (χ2n) is 12.3. The molecule has 1 aromatic carbocycles. The number of cyclic esters (lactones) is 1. The molecule has 15 nitrogen and oxygen atoms in total. The molecule has 3 aliphatic rings. The fraction of sp³-hybridized carbons (Fsp3) is 0.533. The van der Waals surface area contributed by atoms with Crippen LogP contribution in [0.25, 0.3) is 0 Å². The molecule has 2 aromatic rings. The molecule has 2 saturated heterocycles. The summed E-state index contributed by atoms with van der Waals surface area (Å²) >= 11 is 0. The molecule has 4 heterocycles. The molecule has 46 heavy (non-hydrogen) atoms. The van der Waals surface area contributed by atoms with Gasteiger partial charge in [-0.1, -0.05) is 0 Å². The summed E-state index contributed by atoms with van der Waals surface area (Å²) in [6.07, 6.45) is -0.668. The van der Waals surface area contributed by atoms with E-state index in [1.54, 1.807) is 37.6 Å². The number of benzene rings is 1. The van der Waals surface area contributed by atoms with Crippen molar-refractivity contribution in [1.82, 2.24) is 19.6 Å². The van der Waals surface area contributed by atoms with Gasteiger partial charge in [0.25, 0.3) is 0 Å². The molecule has 2 atom stereocenters. The third kappa shape index (κ3) is 7.15. The van der Waals surface area contributed by atoms with Crippen LogP contribution in [0, 0.1) is 5.82 Å². The molecule has 0 N–H and O–H groups in total. The van der Waals surface area contributed by atoms with Crippen molar-refractivity contribution in [3.63, 3.8) is 0 Å². The average molecular weight is 645 g/mol. The number of aromatic nitrogens is 2. The van der Waals surface area contributed by atoms with Crippen molar-refractivity contribution in [3.05, 3.63) is 41.5 Å². The summed E-state index contributed by atoms with van der Waals surface area (Å²) in [5.74, 6) is -2.01. The minimum Gasteiger partial charge on any atom is -0.444 e. The SMILES string of the molecule is CC(=O)N(C[C@H]1CN(c2ccc(N3Cc4cn(C)nc4C3)c(F)c2)C(=O)O1)C(=O)OCOC(=O)[C@@H]1CCCN1C(=O)OC(C)(C)C. The van der Waals surface area contributed by atoms with E-state index in [9.17, 15) is 24.0 Å². The molecular weight excluding hydrogens is 607 g/mol. The summed E-state index contributed by atoms with van der Waals surface area (Å²) in [7, 11) is 1.83. The third-order valence-corrected chi connectivity index (χ3v) is 7.67. The Hall–Kier alpha value is -4.89. The summed E-state index contributed by atoms with van der Waals surface area (Å²) < 4.78 is 37.7. The molecule has 0 bridgehead atoms. The lowest BCUT2D eigenvalue weighted by molar-refractivity contribution is -0.157. The van der Waals surface area contributed by atoms with Gasteiger partial charge >= 0.3 is 24.2 Å². The lowest BCUT2D eigenvalue weighted by Gasteiger charge is -2.27. The molecule has 2 fully saturated rings. The van der Waals surface area contributed by atoms with Crippen molar-refractivity contribution >= 4 is 41.5 Å². The van der Waals surface area contributed by atoms with Gasteiger partial charge in [-0.3, -0.25) is 19.3 Å². The number of rotatable bonds is 7. The minimum atomic E-state index is -1.12. The van der Waals surface area contributed by atoms with Crippen LogP contribution in [0.15, 0.2) is 24.4 Å². The number of likely N-dealkylation sites (tertiary alicyclic amines) is 1. The lowest BCUT2D eigenvalue weighted by Crippen LogP contribution is -2.45. The smallest absolute Gasteiger partial charge is 0.419 e. The normalized spacial score (nSPS) is 19.2. The number of imide groups is 1. The molecule has 4 amide bonds. The number of hydrogen-bond acceptors (Lipinski definition) is 11. The Labute approximate surface area is 264 Å². The van der Waals surface area contributed by atoms with Gasteiger partial charge in [0.15, 0.2) is 0 Å². The number of esters is 1. The van der Waals surface area contributed by atoms with E-state index in [0.717, 1.165) is 18.2 Å². The van der Waals surface area contributed by atoms with Crippen LogP contribution in [0.4, 0.5) is 30.1 Å². The fourth-order valence-electron chi connectivity index (χ4n) is 5.61. The maximum atomic E-state index is 15.2. The van der Waals surface area contributed by atoms with Crippen molar-refractivity contribution in [3.8, 4) is 0 Å². The summed E-state index contributed by atoms with van der Waals surface area (Å²) in [6, 6.07) is 3.51. The van der Waals surface area contributed by atoms with Gasteiger partial charge in [-0.15, -0.1) is 0 Å². The van der Waals surface area contributed by atoms with Gasteiger partial charge in [-0.05, 0) is 51.8 Å². The molecule has 0 saturated carbocycles.